The molecule has 0 radical (unpaired) electrons. The lowest BCUT2D eigenvalue weighted by atomic mass is 10.2. The van der Waals surface area contributed by atoms with Gasteiger partial charge in [0.1, 0.15) is 5.75 Å². The molecule has 5 nitrogen and oxygen atoms in total. The zero-order valence-corrected chi connectivity index (χ0v) is 15.5. The summed E-state index contributed by atoms with van der Waals surface area (Å²) in [4.78, 5) is 0. The number of methoxy groups -OCH3 is 1. The highest BCUT2D eigenvalue weighted by Crippen LogP contribution is 2.30. The normalized spacial score (nSPS) is 16.7. The first-order valence-electron chi connectivity index (χ1n) is 8.75. The summed E-state index contributed by atoms with van der Waals surface area (Å²) >= 11 is 1.70. The van der Waals surface area contributed by atoms with Crippen LogP contribution >= 0.6 is 11.8 Å². The van der Waals surface area contributed by atoms with E-state index < -0.39 is 0 Å². The van der Waals surface area contributed by atoms with Crippen LogP contribution in [0.5, 0.6) is 5.75 Å². The van der Waals surface area contributed by atoms with E-state index in [4.69, 9.17) is 9.47 Å². The van der Waals surface area contributed by atoms with Gasteiger partial charge in [-0.15, -0.1) is 10.2 Å². The lowest BCUT2D eigenvalue weighted by Crippen LogP contribution is -2.09. The monoisotopic (exact) mass is 367 g/mol. The second-order valence-corrected chi connectivity index (χ2v) is 7.14. The van der Waals surface area contributed by atoms with Crippen LogP contribution in [0.15, 0.2) is 59.8 Å². The number of nitrogens with zero attached hydrogens (tertiary/aromatic N) is 3. The molecule has 1 aliphatic heterocycles. The maximum absolute atomic E-state index is 5.75. The first-order chi connectivity index (χ1) is 12.8. The van der Waals surface area contributed by atoms with Crippen LogP contribution < -0.4 is 4.74 Å². The van der Waals surface area contributed by atoms with Crippen molar-refractivity contribution in [3.8, 4) is 22.8 Å². The molecule has 26 heavy (non-hydrogen) atoms. The van der Waals surface area contributed by atoms with E-state index in [-0.39, 0.29) is 0 Å². The van der Waals surface area contributed by atoms with E-state index in [1.165, 1.54) is 0 Å². The van der Waals surface area contributed by atoms with E-state index in [0.717, 1.165) is 53.2 Å². The minimum absolute atomic E-state index is 0.307. The molecule has 134 valence electrons. The summed E-state index contributed by atoms with van der Waals surface area (Å²) in [5.41, 5.74) is 2.06. The van der Waals surface area contributed by atoms with Crippen LogP contribution in [0.25, 0.3) is 17.1 Å². The molecule has 1 saturated heterocycles. The van der Waals surface area contributed by atoms with Gasteiger partial charge in [-0.1, -0.05) is 42.1 Å². The van der Waals surface area contributed by atoms with Gasteiger partial charge in [-0.3, -0.25) is 4.57 Å². The summed E-state index contributed by atoms with van der Waals surface area (Å²) in [7, 11) is 1.67. The zero-order valence-electron chi connectivity index (χ0n) is 14.7. The first-order valence-corrected chi connectivity index (χ1v) is 9.73. The van der Waals surface area contributed by atoms with Gasteiger partial charge in [0.05, 0.1) is 13.2 Å². The summed E-state index contributed by atoms with van der Waals surface area (Å²) in [6.07, 6.45) is 2.57. The molecule has 0 amide bonds. The highest BCUT2D eigenvalue weighted by atomic mass is 32.2. The Kier molecular flexibility index (Phi) is 5.22. The third kappa shape index (κ3) is 3.61. The SMILES string of the molecule is COc1ccc(-n2c(SCC3CCCO3)nnc2-c2ccccc2)cc1. The fourth-order valence-corrected chi connectivity index (χ4v) is 4.06. The Morgan fingerprint density at radius 2 is 1.92 bits per heavy atom. The third-order valence-corrected chi connectivity index (χ3v) is 5.48. The summed E-state index contributed by atoms with van der Waals surface area (Å²) in [5, 5.41) is 9.81. The largest absolute Gasteiger partial charge is 0.497 e. The number of ether oxygens (including phenoxy) is 2. The van der Waals surface area contributed by atoms with E-state index in [1.807, 2.05) is 42.5 Å². The van der Waals surface area contributed by atoms with Crippen molar-refractivity contribution >= 4 is 11.8 Å². The molecule has 1 fully saturated rings. The van der Waals surface area contributed by atoms with Gasteiger partial charge < -0.3 is 9.47 Å². The molecule has 6 heteroatoms. The van der Waals surface area contributed by atoms with Crippen molar-refractivity contribution in [2.24, 2.45) is 0 Å². The zero-order chi connectivity index (χ0) is 17.8. The molecule has 0 spiro atoms. The van der Waals surface area contributed by atoms with Crippen molar-refractivity contribution in [3.63, 3.8) is 0 Å². The van der Waals surface area contributed by atoms with Crippen LogP contribution in [0.3, 0.4) is 0 Å². The second-order valence-electron chi connectivity index (χ2n) is 6.15. The number of rotatable bonds is 6. The Bertz CT molecular complexity index is 843. The summed E-state index contributed by atoms with van der Waals surface area (Å²) < 4.78 is 13.1. The quantitative estimate of drug-likeness (QED) is 0.611. The fraction of sp³-hybridized carbons (Fsp3) is 0.300. The van der Waals surface area contributed by atoms with Crippen molar-refractivity contribution in [1.82, 2.24) is 14.8 Å². The number of benzene rings is 2. The molecule has 4 rings (SSSR count). The number of hydrogen-bond donors (Lipinski definition) is 0. The van der Waals surface area contributed by atoms with Crippen LogP contribution in [0.1, 0.15) is 12.8 Å². The van der Waals surface area contributed by atoms with Gasteiger partial charge in [0.15, 0.2) is 11.0 Å². The Morgan fingerprint density at radius 1 is 1.12 bits per heavy atom. The van der Waals surface area contributed by atoms with Crippen molar-refractivity contribution in [3.05, 3.63) is 54.6 Å². The maximum atomic E-state index is 5.75. The Morgan fingerprint density at radius 3 is 2.62 bits per heavy atom. The lowest BCUT2D eigenvalue weighted by molar-refractivity contribution is 0.129. The van der Waals surface area contributed by atoms with E-state index >= 15 is 0 Å². The molecular formula is C20H21N3O2S. The average Bonchev–Trinajstić information content (AvgIpc) is 3.37. The molecule has 0 saturated carbocycles. The van der Waals surface area contributed by atoms with Crippen LogP contribution in [0.2, 0.25) is 0 Å². The Balaban J connectivity index is 1.69. The van der Waals surface area contributed by atoms with Gasteiger partial charge in [0, 0.05) is 23.6 Å². The first kappa shape index (κ1) is 17.1. The predicted octanol–water partition coefficient (Wildman–Crippen LogP) is 4.21. The van der Waals surface area contributed by atoms with Crippen molar-refractivity contribution in [1.29, 1.82) is 0 Å². The summed E-state index contributed by atoms with van der Waals surface area (Å²) in [6, 6.07) is 18.1. The molecule has 0 bridgehead atoms. The third-order valence-electron chi connectivity index (χ3n) is 4.42. The van der Waals surface area contributed by atoms with Gasteiger partial charge in [-0.2, -0.15) is 0 Å². The van der Waals surface area contributed by atoms with Gasteiger partial charge in [-0.05, 0) is 37.1 Å². The van der Waals surface area contributed by atoms with Crippen LogP contribution in [0, 0.1) is 0 Å². The number of hydrogen-bond acceptors (Lipinski definition) is 5. The van der Waals surface area contributed by atoms with E-state index in [1.54, 1.807) is 18.9 Å². The van der Waals surface area contributed by atoms with Crippen molar-refractivity contribution in [2.45, 2.75) is 24.1 Å². The molecule has 3 aromatic rings. The molecule has 2 aromatic carbocycles. The minimum Gasteiger partial charge on any atom is -0.497 e. The molecule has 0 N–H and O–H groups in total. The van der Waals surface area contributed by atoms with Crippen LogP contribution in [-0.2, 0) is 4.74 Å². The molecule has 1 atom stereocenters. The highest BCUT2D eigenvalue weighted by Gasteiger charge is 2.20. The lowest BCUT2D eigenvalue weighted by Gasteiger charge is -2.12. The van der Waals surface area contributed by atoms with E-state index in [2.05, 4.69) is 26.9 Å². The van der Waals surface area contributed by atoms with Crippen molar-refractivity contribution < 1.29 is 9.47 Å². The fourth-order valence-electron chi connectivity index (χ4n) is 3.04. The standard InChI is InChI=1S/C20H21N3O2S/c1-24-17-11-9-16(10-12-17)23-19(15-6-3-2-4-7-15)21-22-20(23)26-14-18-8-5-13-25-18/h2-4,6-7,9-12,18H,5,8,13-14H2,1H3. The highest BCUT2D eigenvalue weighted by molar-refractivity contribution is 7.99. The Hall–Kier alpha value is -2.31. The van der Waals surface area contributed by atoms with Gasteiger partial charge in [0.2, 0.25) is 0 Å². The van der Waals surface area contributed by atoms with Gasteiger partial charge in [0.25, 0.3) is 0 Å². The summed E-state index contributed by atoms with van der Waals surface area (Å²) in [6.45, 7) is 0.867. The molecule has 2 heterocycles. The smallest absolute Gasteiger partial charge is 0.196 e. The average molecular weight is 367 g/mol. The maximum Gasteiger partial charge on any atom is 0.196 e. The van der Waals surface area contributed by atoms with Gasteiger partial charge in [-0.25, -0.2) is 0 Å². The summed E-state index contributed by atoms with van der Waals surface area (Å²) in [5.74, 6) is 2.56. The van der Waals surface area contributed by atoms with Crippen LogP contribution in [0.4, 0.5) is 0 Å². The molecular weight excluding hydrogens is 346 g/mol. The van der Waals surface area contributed by atoms with Crippen molar-refractivity contribution in [2.75, 3.05) is 19.5 Å². The van der Waals surface area contributed by atoms with E-state index in [0.29, 0.717) is 6.10 Å². The van der Waals surface area contributed by atoms with Crippen LogP contribution in [-0.4, -0.2) is 40.3 Å². The number of aromatic nitrogens is 3. The molecule has 1 aliphatic rings. The Labute approximate surface area is 157 Å². The van der Waals surface area contributed by atoms with Gasteiger partial charge >= 0.3 is 0 Å². The molecule has 1 aromatic heterocycles. The topological polar surface area (TPSA) is 49.2 Å². The van der Waals surface area contributed by atoms with E-state index in [9.17, 15) is 0 Å². The molecule has 0 aliphatic carbocycles. The minimum atomic E-state index is 0.307. The number of thioether (sulfide) groups is 1. The predicted molar refractivity (Wildman–Crippen MR) is 103 cm³/mol. The molecule has 1 unspecified atom stereocenters. The second kappa shape index (κ2) is 7.93.